The summed E-state index contributed by atoms with van der Waals surface area (Å²) in [6.45, 7) is 3.89. The van der Waals surface area contributed by atoms with E-state index in [2.05, 4.69) is 15.0 Å². The summed E-state index contributed by atoms with van der Waals surface area (Å²) in [4.78, 5) is 25.6. The first-order valence-corrected chi connectivity index (χ1v) is 7.25. The normalized spacial score (nSPS) is 10.7. The van der Waals surface area contributed by atoms with E-state index in [1.54, 1.807) is 11.3 Å². The quantitative estimate of drug-likeness (QED) is 0.794. The number of carbonyl (C=O) groups is 1. The highest BCUT2D eigenvalue weighted by atomic mass is 35.5. The molecule has 2 rings (SSSR count). The molecule has 0 bridgehead atoms. The van der Waals surface area contributed by atoms with E-state index in [0.717, 1.165) is 9.88 Å². The van der Waals surface area contributed by atoms with E-state index in [4.69, 9.17) is 11.6 Å². The number of Topliss-reactive ketones (excluding diaryl/α,β-unsaturated/α-hetero) is 1. The number of hydrogen-bond donors (Lipinski definition) is 0. The minimum atomic E-state index is -0.00933. The molecule has 0 saturated heterocycles. The van der Waals surface area contributed by atoms with Gasteiger partial charge in [-0.3, -0.25) is 4.79 Å². The van der Waals surface area contributed by atoms with Crippen molar-refractivity contribution in [1.82, 2.24) is 15.0 Å². The van der Waals surface area contributed by atoms with Crippen LogP contribution in [0.25, 0.3) is 0 Å². The van der Waals surface area contributed by atoms with Crippen LogP contribution in [0.2, 0.25) is 5.15 Å². The van der Waals surface area contributed by atoms with Crippen molar-refractivity contribution in [1.29, 1.82) is 0 Å². The van der Waals surface area contributed by atoms with Crippen LogP contribution in [0.3, 0.4) is 0 Å². The van der Waals surface area contributed by atoms with E-state index in [0.29, 0.717) is 35.8 Å². The van der Waals surface area contributed by atoms with Gasteiger partial charge in [-0.25, -0.2) is 15.0 Å². The number of ketones is 1. The Bertz CT molecular complexity index is 597. The summed E-state index contributed by atoms with van der Waals surface area (Å²) in [5.74, 6) is -0.00933. The van der Waals surface area contributed by atoms with Crippen molar-refractivity contribution in [2.24, 2.45) is 0 Å². The van der Waals surface area contributed by atoms with Crippen molar-refractivity contribution in [3.8, 4) is 0 Å². The fourth-order valence-electron chi connectivity index (χ4n) is 1.66. The van der Waals surface area contributed by atoms with Crippen molar-refractivity contribution in [2.75, 3.05) is 0 Å². The maximum Gasteiger partial charge on any atom is 0.183 e. The van der Waals surface area contributed by atoms with Gasteiger partial charge in [-0.1, -0.05) is 18.5 Å². The third kappa shape index (κ3) is 3.58. The van der Waals surface area contributed by atoms with Crippen LogP contribution in [0, 0.1) is 6.92 Å². The number of aryl methyl sites for hydroxylation is 3. The van der Waals surface area contributed by atoms with Crippen LogP contribution in [0.5, 0.6) is 0 Å². The van der Waals surface area contributed by atoms with E-state index in [-0.39, 0.29) is 5.78 Å². The Morgan fingerprint density at radius 3 is 2.79 bits per heavy atom. The molecule has 2 aromatic heterocycles. The number of nitrogens with zero attached hydrogens (tertiary/aromatic N) is 3. The smallest absolute Gasteiger partial charge is 0.183 e. The van der Waals surface area contributed by atoms with Gasteiger partial charge in [-0.05, 0) is 19.8 Å². The minimum absolute atomic E-state index is 0.00933. The zero-order chi connectivity index (χ0) is 13.8. The van der Waals surface area contributed by atoms with E-state index >= 15 is 0 Å². The highest BCUT2D eigenvalue weighted by Crippen LogP contribution is 2.16. The molecule has 0 spiro atoms. The minimum Gasteiger partial charge on any atom is -0.292 e. The summed E-state index contributed by atoms with van der Waals surface area (Å²) >= 11 is 7.50. The molecule has 19 heavy (non-hydrogen) atoms. The highest BCUT2D eigenvalue weighted by molar-refractivity contribution is 7.11. The van der Waals surface area contributed by atoms with E-state index in [1.165, 1.54) is 6.20 Å². The Labute approximate surface area is 120 Å². The van der Waals surface area contributed by atoms with Crippen molar-refractivity contribution in [2.45, 2.75) is 33.1 Å². The molecule has 2 aromatic rings. The Kier molecular flexibility index (Phi) is 4.61. The number of rotatable bonds is 5. The van der Waals surface area contributed by atoms with Crippen LogP contribution in [-0.2, 0) is 12.8 Å². The summed E-state index contributed by atoms with van der Waals surface area (Å²) in [5.41, 5.74) is 1.06. The van der Waals surface area contributed by atoms with Gasteiger partial charge in [0, 0.05) is 17.5 Å². The number of carbonyl (C=O) groups excluding carboxylic acids is 1. The van der Waals surface area contributed by atoms with E-state index < -0.39 is 0 Å². The Morgan fingerprint density at radius 2 is 2.16 bits per heavy atom. The summed E-state index contributed by atoms with van der Waals surface area (Å²) in [6.07, 6.45) is 5.04. The molecule has 6 heteroatoms. The molecule has 0 aliphatic rings. The second-order valence-corrected chi connectivity index (χ2v) is 5.79. The standard InChI is InChI=1S/C13H14ClN3OS/c1-3-10-13(14)16-7-11(17-10)12(18)5-4-9-6-15-8(2)19-9/h6-7H,3-5H2,1-2H3. The maximum atomic E-state index is 12.0. The van der Waals surface area contributed by atoms with Gasteiger partial charge >= 0.3 is 0 Å². The van der Waals surface area contributed by atoms with Gasteiger partial charge < -0.3 is 0 Å². The number of halogens is 1. The van der Waals surface area contributed by atoms with Crippen LogP contribution < -0.4 is 0 Å². The Hall–Kier alpha value is -1.33. The van der Waals surface area contributed by atoms with Crippen molar-refractivity contribution in [3.63, 3.8) is 0 Å². The van der Waals surface area contributed by atoms with Gasteiger partial charge in [0.2, 0.25) is 0 Å². The van der Waals surface area contributed by atoms with Crippen molar-refractivity contribution in [3.05, 3.63) is 38.8 Å². The molecule has 0 amide bonds. The third-order valence-corrected chi connectivity index (χ3v) is 3.97. The van der Waals surface area contributed by atoms with Gasteiger partial charge in [0.25, 0.3) is 0 Å². The second-order valence-electron chi connectivity index (χ2n) is 4.12. The SMILES string of the molecule is CCc1nc(C(=O)CCc2cnc(C)s2)cnc1Cl. The van der Waals surface area contributed by atoms with E-state index in [9.17, 15) is 4.79 Å². The van der Waals surface area contributed by atoms with Crippen LogP contribution in [0.4, 0.5) is 0 Å². The van der Waals surface area contributed by atoms with Gasteiger partial charge in [0.05, 0.1) is 16.9 Å². The first-order chi connectivity index (χ1) is 9.10. The van der Waals surface area contributed by atoms with Crippen LogP contribution in [0.15, 0.2) is 12.4 Å². The predicted octanol–water partition coefficient (Wildman–Crippen LogP) is 3.27. The second kappa shape index (κ2) is 6.21. The van der Waals surface area contributed by atoms with E-state index in [1.807, 2.05) is 20.0 Å². The lowest BCUT2D eigenvalue weighted by Crippen LogP contribution is -2.06. The summed E-state index contributed by atoms with van der Waals surface area (Å²) in [6, 6.07) is 0. The Morgan fingerprint density at radius 1 is 1.37 bits per heavy atom. The lowest BCUT2D eigenvalue weighted by molar-refractivity contribution is 0.0977. The summed E-state index contributed by atoms with van der Waals surface area (Å²) in [7, 11) is 0. The zero-order valence-corrected chi connectivity index (χ0v) is 12.4. The molecule has 0 aliphatic carbocycles. The molecule has 2 heterocycles. The molecule has 100 valence electrons. The van der Waals surface area contributed by atoms with Crippen LogP contribution >= 0.6 is 22.9 Å². The Balaban J connectivity index is 2.03. The zero-order valence-electron chi connectivity index (χ0n) is 10.8. The van der Waals surface area contributed by atoms with Gasteiger partial charge in [-0.15, -0.1) is 11.3 Å². The lowest BCUT2D eigenvalue weighted by Gasteiger charge is -2.03. The van der Waals surface area contributed by atoms with Gasteiger partial charge in [-0.2, -0.15) is 0 Å². The molecule has 0 aromatic carbocycles. The fourth-order valence-corrected chi connectivity index (χ4v) is 2.68. The van der Waals surface area contributed by atoms with Crippen LogP contribution in [-0.4, -0.2) is 20.7 Å². The van der Waals surface area contributed by atoms with Gasteiger partial charge in [0.1, 0.15) is 5.69 Å². The molecular weight excluding hydrogens is 282 g/mol. The van der Waals surface area contributed by atoms with Crippen molar-refractivity contribution >= 4 is 28.7 Å². The van der Waals surface area contributed by atoms with Gasteiger partial charge in [0.15, 0.2) is 10.9 Å². The highest BCUT2D eigenvalue weighted by Gasteiger charge is 2.12. The maximum absolute atomic E-state index is 12.0. The third-order valence-electron chi connectivity index (χ3n) is 2.68. The largest absolute Gasteiger partial charge is 0.292 e. The first-order valence-electron chi connectivity index (χ1n) is 6.06. The molecule has 0 unspecified atom stereocenters. The summed E-state index contributed by atoms with van der Waals surface area (Å²) in [5, 5.41) is 1.39. The molecule has 4 nitrogen and oxygen atoms in total. The average molecular weight is 296 g/mol. The number of aromatic nitrogens is 3. The number of hydrogen-bond acceptors (Lipinski definition) is 5. The first kappa shape index (κ1) is 14.1. The predicted molar refractivity (Wildman–Crippen MR) is 75.9 cm³/mol. The molecule has 0 atom stereocenters. The molecule has 0 N–H and O–H groups in total. The van der Waals surface area contributed by atoms with Crippen LogP contribution in [0.1, 0.15) is 39.4 Å². The molecule has 0 aliphatic heterocycles. The number of thiazole rings is 1. The molecule has 0 fully saturated rings. The molecule has 0 radical (unpaired) electrons. The monoisotopic (exact) mass is 295 g/mol. The fraction of sp³-hybridized carbons (Fsp3) is 0.385. The molecular formula is C13H14ClN3OS. The topological polar surface area (TPSA) is 55.7 Å². The van der Waals surface area contributed by atoms with Crippen molar-refractivity contribution < 1.29 is 4.79 Å². The summed E-state index contributed by atoms with van der Waals surface area (Å²) < 4.78 is 0. The molecule has 0 saturated carbocycles. The average Bonchev–Trinajstić information content (AvgIpc) is 2.82. The lowest BCUT2D eigenvalue weighted by atomic mass is 10.1.